The average molecular weight is 305 g/mol. The Morgan fingerprint density at radius 1 is 1.41 bits per heavy atom. The second kappa shape index (κ2) is 7.61. The summed E-state index contributed by atoms with van der Waals surface area (Å²) in [6.45, 7) is 4.19. The predicted octanol–water partition coefficient (Wildman–Crippen LogP) is 1.62. The van der Waals surface area contributed by atoms with Crippen LogP contribution in [0.25, 0.3) is 0 Å². The van der Waals surface area contributed by atoms with E-state index in [2.05, 4.69) is 41.4 Å². The van der Waals surface area contributed by atoms with Gasteiger partial charge in [0.1, 0.15) is 0 Å². The third-order valence-electron chi connectivity index (χ3n) is 4.36. The van der Waals surface area contributed by atoms with E-state index in [-0.39, 0.29) is 24.6 Å². The number of rotatable bonds is 5. The van der Waals surface area contributed by atoms with Crippen LogP contribution in [-0.4, -0.2) is 61.3 Å². The Bertz CT molecular complexity index is 487. The largest absolute Gasteiger partial charge is 0.396 e. The minimum atomic E-state index is -0.0325. The summed E-state index contributed by atoms with van der Waals surface area (Å²) in [7, 11) is 4.04. The smallest absolute Gasteiger partial charge is 0.317 e. The minimum absolute atomic E-state index is 0.0325. The Labute approximate surface area is 132 Å². The van der Waals surface area contributed by atoms with E-state index in [1.54, 1.807) is 4.90 Å². The molecule has 2 unspecified atom stereocenters. The normalized spacial score (nSPS) is 19.5. The Balaban J connectivity index is 1.92. The Morgan fingerprint density at radius 2 is 2.09 bits per heavy atom. The molecule has 2 amide bonds. The maximum absolute atomic E-state index is 12.2. The van der Waals surface area contributed by atoms with E-state index < -0.39 is 0 Å². The van der Waals surface area contributed by atoms with Gasteiger partial charge in [0.2, 0.25) is 0 Å². The Hall–Kier alpha value is -1.59. The standard InChI is InChI=1S/C17H27N3O2/c1-13-4-6-15(7-5-13)16(19(2)3)10-18-17(22)20-9-8-14(11-20)12-21/h4-7,14,16,21H,8-12H2,1-3H3,(H,18,22). The summed E-state index contributed by atoms with van der Waals surface area (Å²) in [5.41, 5.74) is 2.43. The summed E-state index contributed by atoms with van der Waals surface area (Å²) in [5.74, 6) is 0.229. The number of aliphatic hydroxyl groups excluding tert-OH is 1. The van der Waals surface area contributed by atoms with Crippen LogP contribution in [0.2, 0.25) is 0 Å². The van der Waals surface area contributed by atoms with Gasteiger partial charge in [-0.2, -0.15) is 0 Å². The fraction of sp³-hybridized carbons (Fsp3) is 0.588. The van der Waals surface area contributed by atoms with E-state index in [0.717, 1.165) is 13.0 Å². The second-order valence-corrected chi connectivity index (χ2v) is 6.36. The number of nitrogens with zero attached hydrogens (tertiary/aromatic N) is 2. The number of hydrogen-bond donors (Lipinski definition) is 2. The third-order valence-corrected chi connectivity index (χ3v) is 4.36. The molecule has 2 N–H and O–H groups in total. The highest BCUT2D eigenvalue weighted by atomic mass is 16.3. The SMILES string of the molecule is Cc1ccc(C(CNC(=O)N2CCC(CO)C2)N(C)C)cc1. The van der Waals surface area contributed by atoms with Gasteiger partial charge in [-0.3, -0.25) is 0 Å². The first-order chi connectivity index (χ1) is 10.5. The van der Waals surface area contributed by atoms with Crippen LogP contribution in [0.4, 0.5) is 4.79 Å². The van der Waals surface area contributed by atoms with E-state index in [0.29, 0.717) is 13.1 Å². The molecule has 1 aliphatic heterocycles. The molecule has 0 aromatic heterocycles. The van der Waals surface area contributed by atoms with Gasteiger partial charge in [0, 0.05) is 32.2 Å². The van der Waals surface area contributed by atoms with Gasteiger partial charge in [-0.15, -0.1) is 0 Å². The van der Waals surface area contributed by atoms with Crippen molar-refractivity contribution in [3.05, 3.63) is 35.4 Å². The molecular formula is C17H27N3O2. The maximum atomic E-state index is 12.2. The highest BCUT2D eigenvalue weighted by molar-refractivity contribution is 5.74. The van der Waals surface area contributed by atoms with Gasteiger partial charge < -0.3 is 20.2 Å². The molecule has 1 aliphatic rings. The molecule has 0 spiro atoms. The molecule has 5 heteroatoms. The van der Waals surface area contributed by atoms with Crippen LogP contribution in [0.1, 0.15) is 23.6 Å². The van der Waals surface area contributed by atoms with Crippen LogP contribution in [-0.2, 0) is 0 Å². The number of carbonyl (C=O) groups is 1. The number of likely N-dealkylation sites (tertiary alicyclic amines) is 1. The van der Waals surface area contributed by atoms with Gasteiger partial charge >= 0.3 is 6.03 Å². The number of hydrogen-bond acceptors (Lipinski definition) is 3. The van der Waals surface area contributed by atoms with Gasteiger partial charge in [0.15, 0.2) is 0 Å². The molecule has 122 valence electrons. The minimum Gasteiger partial charge on any atom is -0.396 e. The fourth-order valence-corrected chi connectivity index (χ4v) is 2.85. The summed E-state index contributed by atoms with van der Waals surface area (Å²) in [5, 5.41) is 12.2. The fourth-order valence-electron chi connectivity index (χ4n) is 2.85. The highest BCUT2D eigenvalue weighted by Gasteiger charge is 2.26. The summed E-state index contributed by atoms with van der Waals surface area (Å²) in [4.78, 5) is 16.1. The summed E-state index contributed by atoms with van der Waals surface area (Å²) >= 11 is 0. The molecule has 1 fully saturated rings. The van der Waals surface area contributed by atoms with E-state index in [4.69, 9.17) is 5.11 Å². The number of benzene rings is 1. The summed E-state index contributed by atoms with van der Waals surface area (Å²) in [6, 6.07) is 8.55. The Morgan fingerprint density at radius 3 is 2.64 bits per heavy atom. The molecule has 0 saturated carbocycles. The number of aryl methyl sites for hydroxylation is 1. The van der Waals surface area contributed by atoms with Crippen molar-refractivity contribution in [2.45, 2.75) is 19.4 Å². The molecule has 5 nitrogen and oxygen atoms in total. The van der Waals surface area contributed by atoms with E-state index >= 15 is 0 Å². The quantitative estimate of drug-likeness (QED) is 0.869. The number of carbonyl (C=O) groups excluding carboxylic acids is 1. The zero-order valence-corrected chi connectivity index (χ0v) is 13.7. The summed E-state index contributed by atoms with van der Waals surface area (Å²) in [6.07, 6.45) is 0.888. The maximum Gasteiger partial charge on any atom is 0.317 e. The van der Waals surface area contributed by atoms with Gasteiger partial charge in [-0.05, 0) is 33.0 Å². The lowest BCUT2D eigenvalue weighted by atomic mass is 10.0. The van der Waals surface area contributed by atoms with Crippen molar-refractivity contribution in [3.8, 4) is 0 Å². The molecule has 2 atom stereocenters. The zero-order valence-electron chi connectivity index (χ0n) is 13.7. The van der Waals surface area contributed by atoms with Crippen molar-refractivity contribution in [2.24, 2.45) is 5.92 Å². The average Bonchev–Trinajstić information content (AvgIpc) is 2.98. The number of aliphatic hydroxyl groups is 1. The molecule has 1 saturated heterocycles. The lowest BCUT2D eigenvalue weighted by Gasteiger charge is -2.26. The lowest BCUT2D eigenvalue weighted by Crippen LogP contribution is -2.42. The van der Waals surface area contributed by atoms with E-state index in [1.165, 1.54) is 11.1 Å². The van der Waals surface area contributed by atoms with Crippen molar-refractivity contribution in [1.29, 1.82) is 0 Å². The Kier molecular flexibility index (Phi) is 5.80. The number of nitrogens with one attached hydrogen (secondary N) is 1. The molecule has 1 aromatic rings. The lowest BCUT2D eigenvalue weighted by molar-refractivity contribution is 0.193. The molecule has 0 bridgehead atoms. The van der Waals surface area contributed by atoms with Crippen LogP contribution in [0, 0.1) is 12.8 Å². The van der Waals surface area contributed by atoms with Crippen molar-refractivity contribution in [1.82, 2.24) is 15.1 Å². The van der Waals surface area contributed by atoms with Gasteiger partial charge in [-0.25, -0.2) is 4.79 Å². The van der Waals surface area contributed by atoms with Gasteiger partial charge in [0.05, 0.1) is 6.04 Å². The molecule has 1 heterocycles. The zero-order chi connectivity index (χ0) is 16.1. The highest BCUT2D eigenvalue weighted by Crippen LogP contribution is 2.19. The molecule has 0 aliphatic carbocycles. The van der Waals surface area contributed by atoms with Crippen LogP contribution < -0.4 is 5.32 Å². The molecule has 22 heavy (non-hydrogen) atoms. The number of likely N-dealkylation sites (N-methyl/N-ethyl adjacent to an activating group) is 1. The van der Waals surface area contributed by atoms with Gasteiger partial charge in [0.25, 0.3) is 0 Å². The number of urea groups is 1. The van der Waals surface area contributed by atoms with Crippen molar-refractivity contribution in [3.63, 3.8) is 0 Å². The third kappa shape index (κ3) is 4.21. The molecular weight excluding hydrogens is 278 g/mol. The summed E-state index contributed by atoms with van der Waals surface area (Å²) < 4.78 is 0. The van der Waals surface area contributed by atoms with Crippen molar-refractivity contribution >= 4 is 6.03 Å². The van der Waals surface area contributed by atoms with E-state index in [1.807, 2.05) is 14.1 Å². The first-order valence-corrected chi connectivity index (χ1v) is 7.88. The van der Waals surface area contributed by atoms with Crippen LogP contribution in [0.15, 0.2) is 24.3 Å². The first-order valence-electron chi connectivity index (χ1n) is 7.88. The van der Waals surface area contributed by atoms with E-state index in [9.17, 15) is 4.79 Å². The molecule has 0 radical (unpaired) electrons. The van der Waals surface area contributed by atoms with Crippen LogP contribution >= 0.6 is 0 Å². The topological polar surface area (TPSA) is 55.8 Å². The molecule has 1 aromatic carbocycles. The monoisotopic (exact) mass is 305 g/mol. The predicted molar refractivity (Wildman–Crippen MR) is 87.8 cm³/mol. The molecule has 2 rings (SSSR count). The van der Waals surface area contributed by atoms with Crippen LogP contribution in [0.5, 0.6) is 0 Å². The number of amides is 2. The first kappa shape index (κ1) is 16.8. The second-order valence-electron chi connectivity index (χ2n) is 6.36. The van der Waals surface area contributed by atoms with Crippen LogP contribution in [0.3, 0.4) is 0 Å². The van der Waals surface area contributed by atoms with Crippen molar-refractivity contribution in [2.75, 3.05) is 40.3 Å². The van der Waals surface area contributed by atoms with Gasteiger partial charge in [-0.1, -0.05) is 29.8 Å². The van der Waals surface area contributed by atoms with Crippen molar-refractivity contribution < 1.29 is 9.90 Å².